The third-order valence-corrected chi connectivity index (χ3v) is 3.84. The fraction of sp³-hybridized carbons (Fsp3) is 0.143. The van der Waals surface area contributed by atoms with Crippen LogP contribution in [0.3, 0.4) is 0 Å². The van der Waals surface area contributed by atoms with Crippen LogP contribution in [-0.2, 0) is 6.61 Å². The number of aromatic nitrogens is 1. The van der Waals surface area contributed by atoms with Gasteiger partial charge in [-0.05, 0) is 35.4 Å². The Balaban J connectivity index is 1.56. The number of ether oxygens (including phenoxy) is 1. The van der Waals surface area contributed by atoms with Crippen molar-refractivity contribution in [2.75, 3.05) is 6.54 Å². The number of amides is 1. The number of carbonyl (C=O) groups is 1. The summed E-state index contributed by atoms with van der Waals surface area (Å²) in [5.41, 5.74) is 2.07. The van der Waals surface area contributed by atoms with Crippen LogP contribution in [0.2, 0.25) is 0 Å². The third kappa shape index (κ3) is 4.91. The monoisotopic (exact) mass is 348 g/mol. The summed E-state index contributed by atoms with van der Waals surface area (Å²) < 4.78 is 5.77. The van der Waals surface area contributed by atoms with E-state index < -0.39 is 6.10 Å². The SMILES string of the molecule is O=C(NCC(O)c1cccc(OCc2ccccc2)c1)c1ccccn1. The zero-order chi connectivity index (χ0) is 18.2. The number of benzene rings is 2. The number of nitrogens with one attached hydrogen (secondary N) is 1. The lowest BCUT2D eigenvalue weighted by Crippen LogP contribution is -2.28. The van der Waals surface area contributed by atoms with Gasteiger partial charge in [0, 0.05) is 12.7 Å². The van der Waals surface area contributed by atoms with Gasteiger partial charge >= 0.3 is 0 Å². The molecule has 1 unspecified atom stereocenters. The number of rotatable bonds is 7. The molecule has 2 N–H and O–H groups in total. The van der Waals surface area contributed by atoms with Gasteiger partial charge in [-0.15, -0.1) is 0 Å². The van der Waals surface area contributed by atoms with Crippen LogP contribution in [-0.4, -0.2) is 22.5 Å². The summed E-state index contributed by atoms with van der Waals surface area (Å²) in [6.07, 6.45) is 0.724. The molecule has 0 aliphatic carbocycles. The molecule has 1 atom stereocenters. The number of nitrogens with zero attached hydrogens (tertiary/aromatic N) is 1. The summed E-state index contributed by atoms with van der Waals surface area (Å²) in [5, 5.41) is 13.0. The number of aliphatic hydroxyl groups is 1. The number of carbonyl (C=O) groups excluding carboxylic acids is 1. The topological polar surface area (TPSA) is 71.5 Å². The molecule has 1 heterocycles. The minimum atomic E-state index is -0.831. The number of hydrogen-bond acceptors (Lipinski definition) is 4. The zero-order valence-electron chi connectivity index (χ0n) is 14.2. The Hall–Kier alpha value is -3.18. The van der Waals surface area contributed by atoms with E-state index in [-0.39, 0.29) is 12.5 Å². The smallest absolute Gasteiger partial charge is 0.269 e. The molecule has 0 fully saturated rings. The number of aliphatic hydroxyl groups excluding tert-OH is 1. The summed E-state index contributed by atoms with van der Waals surface area (Å²) in [7, 11) is 0. The first-order valence-corrected chi connectivity index (χ1v) is 8.36. The normalized spacial score (nSPS) is 11.6. The molecular formula is C21H20N2O3. The van der Waals surface area contributed by atoms with E-state index >= 15 is 0 Å². The molecule has 0 saturated heterocycles. The Morgan fingerprint density at radius 3 is 2.62 bits per heavy atom. The minimum Gasteiger partial charge on any atom is -0.489 e. The van der Waals surface area contributed by atoms with E-state index in [9.17, 15) is 9.90 Å². The first-order chi connectivity index (χ1) is 12.7. The van der Waals surface area contributed by atoms with E-state index in [0.717, 1.165) is 5.56 Å². The van der Waals surface area contributed by atoms with E-state index in [1.807, 2.05) is 42.5 Å². The van der Waals surface area contributed by atoms with Crippen molar-refractivity contribution in [2.24, 2.45) is 0 Å². The Bertz CT molecular complexity index is 838. The second kappa shape index (κ2) is 8.78. The molecule has 0 saturated carbocycles. The van der Waals surface area contributed by atoms with Gasteiger partial charge in [-0.3, -0.25) is 9.78 Å². The van der Waals surface area contributed by atoms with Crippen LogP contribution in [0.25, 0.3) is 0 Å². The highest BCUT2D eigenvalue weighted by Crippen LogP contribution is 2.20. The maximum atomic E-state index is 12.0. The quantitative estimate of drug-likeness (QED) is 0.688. The van der Waals surface area contributed by atoms with E-state index in [0.29, 0.717) is 23.6 Å². The standard InChI is InChI=1S/C21H20N2O3/c24-20(14-23-21(25)19-11-4-5-12-22-19)17-9-6-10-18(13-17)26-15-16-7-2-1-3-8-16/h1-13,20,24H,14-15H2,(H,23,25). The average molecular weight is 348 g/mol. The van der Waals surface area contributed by atoms with Crippen LogP contribution in [0.1, 0.15) is 27.7 Å². The van der Waals surface area contributed by atoms with Crippen molar-refractivity contribution in [2.45, 2.75) is 12.7 Å². The molecule has 1 amide bonds. The summed E-state index contributed by atoms with van der Waals surface area (Å²) in [5.74, 6) is 0.350. The van der Waals surface area contributed by atoms with Crippen LogP contribution < -0.4 is 10.1 Å². The van der Waals surface area contributed by atoms with Crippen molar-refractivity contribution in [3.63, 3.8) is 0 Å². The van der Waals surface area contributed by atoms with E-state index in [2.05, 4.69) is 10.3 Å². The van der Waals surface area contributed by atoms with Gasteiger partial charge in [-0.1, -0.05) is 48.5 Å². The maximum absolute atomic E-state index is 12.0. The molecule has 0 spiro atoms. The average Bonchev–Trinajstić information content (AvgIpc) is 2.72. The van der Waals surface area contributed by atoms with Crippen molar-refractivity contribution in [1.82, 2.24) is 10.3 Å². The first kappa shape index (κ1) is 17.6. The molecular weight excluding hydrogens is 328 g/mol. The summed E-state index contributed by atoms with van der Waals surface area (Å²) in [6, 6.07) is 22.2. The molecule has 5 nitrogen and oxygen atoms in total. The lowest BCUT2D eigenvalue weighted by molar-refractivity contribution is 0.0911. The summed E-state index contributed by atoms with van der Waals surface area (Å²) in [6.45, 7) is 0.550. The zero-order valence-corrected chi connectivity index (χ0v) is 14.2. The van der Waals surface area contributed by atoms with Crippen LogP contribution in [0.4, 0.5) is 0 Å². The van der Waals surface area contributed by atoms with Crippen molar-refractivity contribution >= 4 is 5.91 Å². The largest absolute Gasteiger partial charge is 0.489 e. The Labute approximate surface area is 152 Å². The van der Waals surface area contributed by atoms with Crippen molar-refractivity contribution in [1.29, 1.82) is 0 Å². The van der Waals surface area contributed by atoms with Gasteiger partial charge < -0.3 is 15.2 Å². The lowest BCUT2D eigenvalue weighted by Gasteiger charge is -2.14. The van der Waals surface area contributed by atoms with Gasteiger partial charge in [-0.2, -0.15) is 0 Å². The van der Waals surface area contributed by atoms with Gasteiger partial charge in [-0.25, -0.2) is 0 Å². The molecule has 0 aliphatic heterocycles. The van der Waals surface area contributed by atoms with Gasteiger partial charge in [0.05, 0.1) is 6.10 Å². The fourth-order valence-electron chi connectivity index (χ4n) is 2.45. The maximum Gasteiger partial charge on any atom is 0.269 e. The second-order valence-electron chi connectivity index (χ2n) is 5.79. The molecule has 0 bridgehead atoms. The summed E-state index contributed by atoms with van der Waals surface area (Å²) in [4.78, 5) is 16.0. The number of pyridine rings is 1. The predicted molar refractivity (Wildman–Crippen MR) is 98.7 cm³/mol. The van der Waals surface area contributed by atoms with Crippen LogP contribution in [0.15, 0.2) is 79.0 Å². The minimum absolute atomic E-state index is 0.0948. The highest BCUT2D eigenvalue weighted by atomic mass is 16.5. The Morgan fingerprint density at radius 1 is 1.04 bits per heavy atom. The molecule has 3 rings (SSSR count). The Morgan fingerprint density at radius 2 is 1.85 bits per heavy atom. The molecule has 1 aromatic heterocycles. The second-order valence-corrected chi connectivity index (χ2v) is 5.79. The molecule has 2 aromatic carbocycles. The van der Waals surface area contributed by atoms with Crippen molar-refractivity contribution in [3.8, 4) is 5.75 Å². The molecule has 0 radical (unpaired) electrons. The molecule has 3 aromatic rings. The highest BCUT2D eigenvalue weighted by molar-refractivity contribution is 5.92. The van der Waals surface area contributed by atoms with Gasteiger partial charge in [0.25, 0.3) is 5.91 Å². The third-order valence-electron chi connectivity index (χ3n) is 3.84. The summed E-state index contributed by atoms with van der Waals surface area (Å²) >= 11 is 0. The van der Waals surface area contributed by atoms with E-state index in [4.69, 9.17) is 4.74 Å². The van der Waals surface area contributed by atoms with Gasteiger partial charge in [0.1, 0.15) is 18.1 Å². The van der Waals surface area contributed by atoms with Crippen LogP contribution in [0.5, 0.6) is 5.75 Å². The van der Waals surface area contributed by atoms with Gasteiger partial charge in [0.2, 0.25) is 0 Å². The highest BCUT2D eigenvalue weighted by Gasteiger charge is 2.12. The molecule has 132 valence electrons. The van der Waals surface area contributed by atoms with E-state index in [1.165, 1.54) is 0 Å². The Kier molecular flexibility index (Phi) is 5.96. The van der Waals surface area contributed by atoms with Gasteiger partial charge in [0.15, 0.2) is 0 Å². The van der Waals surface area contributed by atoms with Crippen LogP contribution >= 0.6 is 0 Å². The van der Waals surface area contributed by atoms with Crippen molar-refractivity contribution in [3.05, 3.63) is 95.8 Å². The van der Waals surface area contributed by atoms with Crippen molar-refractivity contribution < 1.29 is 14.6 Å². The van der Waals surface area contributed by atoms with Crippen LogP contribution in [0, 0.1) is 0 Å². The molecule has 5 heteroatoms. The predicted octanol–water partition coefficient (Wildman–Crippen LogP) is 3.12. The lowest BCUT2D eigenvalue weighted by atomic mass is 10.1. The molecule has 0 aliphatic rings. The first-order valence-electron chi connectivity index (χ1n) is 8.36. The number of hydrogen-bond donors (Lipinski definition) is 2. The molecule has 26 heavy (non-hydrogen) atoms. The van der Waals surface area contributed by atoms with E-state index in [1.54, 1.807) is 36.5 Å². The fourth-order valence-corrected chi connectivity index (χ4v) is 2.45.